The third-order valence-electron chi connectivity index (χ3n) is 0.636. The summed E-state index contributed by atoms with van der Waals surface area (Å²) in [4.78, 5) is 6.84. The Morgan fingerprint density at radius 2 is 2.75 bits per heavy atom. The summed E-state index contributed by atoms with van der Waals surface area (Å²) < 4.78 is 3.77. The van der Waals surface area contributed by atoms with Crippen molar-refractivity contribution in [3.05, 3.63) is 12.4 Å². The Bertz CT molecular complexity index is 169. The van der Waals surface area contributed by atoms with Gasteiger partial charge in [0, 0.05) is 12.4 Å². The van der Waals surface area contributed by atoms with Gasteiger partial charge in [-0.1, -0.05) is 0 Å². The molecule has 0 fully saturated rings. The van der Waals surface area contributed by atoms with Gasteiger partial charge in [0.1, 0.15) is 0 Å². The molecule has 0 radical (unpaired) electrons. The Labute approximate surface area is 51.1 Å². The number of hydrogen-bond donors (Lipinski definition) is 1. The van der Waals surface area contributed by atoms with Crippen LogP contribution in [0.5, 0.6) is 0 Å². The van der Waals surface area contributed by atoms with Crippen molar-refractivity contribution in [3.63, 3.8) is 0 Å². The lowest BCUT2D eigenvalue weighted by molar-refractivity contribution is 1.41. The maximum absolute atomic E-state index is 3.93. The highest BCUT2D eigenvalue weighted by molar-refractivity contribution is 7.41. The van der Waals surface area contributed by atoms with Gasteiger partial charge in [0.2, 0.25) is 0 Å². The van der Waals surface area contributed by atoms with Crippen LogP contribution in [0.1, 0.15) is 0 Å². The molecule has 0 saturated heterocycles. The van der Waals surface area contributed by atoms with E-state index in [1.54, 1.807) is 12.4 Å². The van der Waals surface area contributed by atoms with E-state index >= 15 is 0 Å². The lowest BCUT2D eigenvalue weighted by atomic mass is 11.0. The van der Waals surface area contributed by atoms with Crippen molar-refractivity contribution in [3.8, 4) is 0 Å². The second kappa shape index (κ2) is 2.91. The lowest BCUT2D eigenvalue weighted by Gasteiger charge is -1.73. The summed E-state index contributed by atoms with van der Waals surface area (Å²) in [6, 6.07) is 0. The van der Waals surface area contributed by atoms with E-state index in [2.05, 4.69) is 23.9 Å². The molecule has 5 heteroatoms. The number of aromatic nitrogens is 2. The van der Waals surface area contributed by atoms with Crippen LogP contribution in [0, 0.1) is 0 Å². The minimum atomic E-state index is 0.868. The van der Waals surface area contributed by atoms with E-state index < -0.39 is 0 Å². The molecule has 0 amide bonds. The standard InChI is InChI=1S/C3H5N3P2/c7-6-8-3-4-1-2-5-3/h1-2H,7H2,(H,4,5). The number of H-pyrrole nitrogens is 1. The maximum atomic E-state index is 3.93. The SMILES string of the molecule is PN=Pc1ncc[nH]1. The van der Waals surface area contributed by atoms with Gasteiger partial charge in [-0.3, -0.25) is 0 Å². The lowest BCUT2D eigenvalue weighted by Crippen LogP contribution is -1.92. The van der Waals surface area contributed by atoms with Crippen LogP contribution < -0.4 is 5.57 Å². The monoisotopic (exact) mass is 145 g/mol. The fourth-order valence-corrected chi connectivity index (χ4v) is 1.05. The Kier molecular flexibility index (Phi) is 2.13. The largest absolute Gasteiger partial charge is 0.340 e. The van der Waals surface area contributed by atoms with Crippen molar-refractivity contribution in [2.24, 2.45) is 4.52 Å². The maximum Gasteiger partial charge on any atom is 0.176 e. The third kappa shape index (κ3) is 1.36. The van der Waals surface area contributed by atoms with Crippen LogP contribution in [-0.4, -0.2) is 9.97 Å². The number of hydrogen-bond acceptors (Lipinski definition) is 2. The fraction of sp³-hybridized carbons (Fsp3) is 0. The normalized spacial score (nSPS) is 10.6. The van der Waals surface area contributed by atoms with Gasteiger partial charge in [0.15, 0.2) is 5.57 Å². The predicted molar refractivity (Wildman–Crippen MR) is 37.3 cm³/mol. The minimum Gasteiger partial charge on any atom is -0.340 e. The van der Waals surface area contributed by atoms with Crippen LogP contribution in [-0.2, 0) is 0 Å². The third-order valence-corrected chi connectivity index (χ3v) is 1.53. The molecule has 0 aliphatic heterocycles. The number of nitrogens with one attached hydrogen (secondary N) is 1. The van der Waals surface area contributed by atoms with Gasteiger partial charge in [-0.15, -0.1) is 0 Å². The second-order valence-electron chi connectivity index (χ2n) is 1.13. The van der Waals surface area contributed by atoms with Gasteiger partial charge in [0.25, 0.3) is 0 Å². The molecule has 0 spiro atoms. The highest BCUT2D eigenvalue weighted by Crippen LogP contribution is 1.99. The van der Waals surface area contributed by atoms with Gasteiger partial charge in [-0.05, 0) is 9.39 Å². The molecule has 1 aromatic rings. The summed E-state index contributed by atoms with van der Waals surface area (Å²) in [6.45, 7) is 0. The molecule has 0 aliphatic carbocycles. The van der Waals surface area contributed by atoms with Crippen LogP contribution in [0.15, 0.2) is 16.9 Å². The van der Waals surface area contributed by atoms with Gasteiger partial charge < -0.3 is 4.98 Å². The molecule has 3 nitrogen and oxygen atoms in total. The summed E-state index contributed by atoms with van der Waals surface area (Å²) in [5.74, 6) is 0. The molecule has 0 bridgehead atoms. The first kappa shape index (κ1) is 5.87. The molecule has 8 heavy (non-hydrogen) atoms. The number of rotatable bonds is 1. The van der Waals surface area contributed by atoms with E-state index in [0.717, 1.165) is 13.9 Å². The average Bonchev–Trinajstić information content (AvgIpc) is 2.19. The average molecular weight is 145 g/mol. The smallest absolute Gasteiger partial charge is 0.176 e. The van der Waals surface area contributed by atoms with E-state index in [0.29, 0.717) is 0 Å². The van der Waals surface area contributed by atoms with Gasteiger partial charge >= 0.3 is 0 Å². The van der Waals surface area contributed by atoms with Crippen LogP contribution in [0.2, 0.25) is 0 Å². The molecule has 0 aliphatic rings. The Balaban J connectivity index is 2.77. The van der Waals surface area contributed by atoms with Gasteiger partial charge in [-0.2, -0.15) is 0 Å². The first-order chi connectivity index (χ1) is 3.93. The summed E-state index contributed by atoms with van der Waals surface area (Å²) >= 11 is 0. The van der Waals surface area contributed by atoms with E-state index in [4.69, 9.17) is 0 Å². The highest BCUT2D eigenvalue weighted by atomic mass is 31.1. The molecular weight excluding hydrogens is 140 g/mol. The zero-order valence-corrected chi connectivity index (χ0v) is 6.12. The van der Waals surface area contributed by atoms with E-state index in [9.17, 15) is 0 Å². The predicted octanol–water partition coefficient (Wildman–Crippen LogP) is 0.955. The molecule has 0 saturated carbocycles. The summed E-state index contributed by atoms with van der Waals surface area (Å²) in [7, 11) is 3.14. The molecule has 1 N–H and O–H groups in total. The number of nitrogens with zero attached hydrogens (tertiary/aromatic N) is 2. The van der Waals surface area contributed by atoms with E-state index in [-0.39, 0.29) is 0 Å². The van der Waals surface area contributed by atoms with Gasteiger partial charge in [-0.25, -0.2) is 9.50 Å². The van der Waals surface area contributed by atoms with Crippen molar-refractivity contribution < 1.29 is 0 Å². The Morgan fingerprint density at radius 3 is 3.25 bits per heavy atom. The summed E-state index contributed by atoms with van der Waals surface area (Å²) in [5, 5.41) is 0. The zero-order valence-electron chi connectivity index (χ0n) is 4.07. The molecule has 1 aromatic heterocycles. The summed E-state index contributed by atoms with van der Waals surface area (Å²) in [6.07, 6.45) is 3.48. The van der Waals surface area contributed by atoms with Crippen molar-refractivity contribution in [1.29, 1.82) is 0 Å². The molecule has 1 heterocycles. The topological polar surface area (TPSA) is 41.0 Å². The molecule has 1 atom stereocenters. The first-order valence-electron chi connectivity index (χ1n) is 2.04. The van der Waals surface area contributed by atoms with E-state index in [1.165, 1.54) is 0 Å². The zero-order chi connectivity index (χ0) is 5.82. The van der Waals surface area contributed by atoms with Crippen LogP contribution in [0.4, 0.5) is 0 Å². The Morgan fingerprint density at radius 1 is 1.88 bits per heavy atom. The van der Waals surface area contributed by atoms with Crippen LogP contribution >= 0.6 is 17.8 Å². The molecule has 0 aromatic carbocycles. The molecule has 42 valence electrons. The Hall–Kier alpha value is -0.260. The number of imidazole rings is 1. The van der Waals surface area contributed by atoms with Crippen molar-refractivity contribution in [2.75, 3.05) is 0 Å². The van der Waals surface area contributed by atoms with Crippen molar-refractivity contribution >= 4 is 23.3 Å². The first-order valence-corrected chi connectivity index (χ1v) is 3.40. The molecule has 1 unspecified atom stereocenters. The second-order valence-corrected chi connectivity index (χ2v) is 2.68. The summed E-state index contributed by atoms with van der Waals surface area (Å²) in [5.41, 5.74) is 0.875. The number of aromatic amines is 1. The van der Waals surface area contributed by atoms with Crippen LogP contribution in [0.3, 0.4) is 0 Å². The molecule has 1 rings (SSSR count). The highest BCUT2D eigenvalue weighted by Gasteiger charge is 1.83. The van der Waals surface area contributed by atoms with Gasteiger partial charge in [0.05, 0.1) is 8.37 Å². The molecular formula is C3H5N3P2. The quantitative estimate of drug-likeness (QED) is 0.587. The van der Waals surface area contributed by atoms with Crippen LogP contribution in [0.25, 0.3) is 0 Å². The fourth-order valence-electron chi connectivity index (χ4n) is 0.366. The van der Waals surface area contributed by atoms with E-state index in [1.807, 2.05) is 0 Å². The van der Waals surface area contributed by atoms with Crippen molar-refractivity contribution in [1.82, 2.24) is 9.97 Å². The minimum absolute atomic E-state index is 0.868. The van der Waals surface area contributed by atoms with Crippen molar-refractivity contribution in [2.45, 2.75) is 0 Å².